The first-order valence-electron chi connectivity index (χ1n) is 25.7. The van der Waals surface area contributed by atoms with Crippen LogP contribution in [0, 0.1) is 0 Å². The highest BCUT2D eigenvalue weighted by Crippen LogP contribution is 2.43. The summed E-state index contributed by atoms with van der Waals surface area (Å²) < 4.78 is 0. The van der Waals surface area contributed by atoms with Crippen molar-refractivity contribution in [3.05, 3.63) is 309 Å². The van der Waals surface area contributed by atoms with Gasteiger partial charge in [-0.05, 0) is 152 Å². The van der Waals surface area contributed by atoms with Gasteiger partial charge in [-0.25, -0.2) is 0 Å². The Morgan fingerprint density at radius 2 is 0.427 bits per heavy atom. The van der Waals surface area contributed by atoms with Gasteiger partial charge in [0.25, 0.3) is 0 Å². The van der Waals surface area contributed by atoms with Crippen LogP contribution in [0.1, 0.15) is 0 Å². The van der Waals surface area contributed by atoms with Crippen LogP contribution in [-0.4, -0.2) is 0 Å². The van der Waals surface area contributed by atoms with E-state index >= 15 is 0 Å². The lowest BCUT2D eigenvalue weighted by Gasteiger charge is -2.27. The third-order valence-electron chi connectivity index (χ3n) is 14.4. The van der Waals surface area contributed by atoms with Crippen molar-refractivity contribution >= 4 is 83.5 Å². The SMILES string of the molecule is c1ccc(N(c2ccc(-c3ccc(N(c4ccc(-c5ccc(N(c6ccccc6)c6cccc7ccccc67)cc5)cc4)c4ccc(-c5cccc6ccccc56)cc4)cc3)cc2)c2cccc3ccccc23)cc1. The molecular weight excluding hydrogens is 907 g/mol. The average Bonchev–Trinajstić information content (AvgIpc) is 3.49. The van der Waals surface area contributed by atoms with E-state index in [4.69, 9.17) is 0 Å². The second-order valence-corrected chi connectivity index (χ2v) is 18.9. The van der Waals surface area contributed by atoms with Gasteiger partial charge in [0, 0.05) is 50.6 Å². The molecule has 0 spiro atoms. The minimum absolute atomic E-state index is 1.08. The number of benzene rings is 13. The monoisotopic (exact) mass is 957 g/mol. The zero-order chi connectivity index (χ0) is 49.9. The molecule has 0 aliphatic heterocycles. The predicted molar refractivity (Wildman–Crippen MR) is 319 cm³/mol. The number of hydrogen-bond acceptors (Lipinski definition) is 3. The number of nitrogens with zero attached hydrogens (tertiary/aromatic N) is 3. The lowest BCUT2D eigenvalue weighted by atomic mass is 9.98. The molecule has 3 heteroatoms. The number of hydrogen-bond donors (Lipinski definition) is 0. The molecule has 0 amide bonds. The Hall–Kier alpha value is -9.96. The van der Waals surface area contributed by atoms with Crippen molar-refractivity contribution in [2.75, 3.05) is 14.7 Å². The molecule has 13 rings (SSSR count). The summed E-state index contributed by atoms with van der Waals surface area (Å²) in [6, 6.07) is 112. The van der Waals surface area contributed by atoms with E-state index in [-0.39, 0.29) is 0 Å². The van der Waals surface area contributed by atoms with Crippen molar-refractivity contribution in [3.63, 3.8) is 0 Å². The van der Waals surface area contributed by atoms with Crippen LogP contribution < -0.4 is 14.7 Å². The van der Waals surface area contributed by atoms with Gasteiger partial charge >= 0.3 is 0 Å². The van der Waals surface area contributed by atoms with Crippen LogP contribution in [0.5, 0.6) is 0 Å². The van der Waals surface area contributed by atoms with Crippen LogP contribution in [0.3, 0.4) is 0 Å². The third kappa shape index (κ3) is 8.83. The second kappa shape index (κ2) is 19.9. The zero-order valence-electron chi connectivity index (χ0n) is 41.3. The summed E-state index contributed by atoms with van der Waals surface area (Å²) >= 11 is 0. The summed E-state index contributed by atoms with van der Waals surface area (Å²) in [5.74, 6) is 0. The number of rotatable bonds is 12. The van der Waals surface area contributed by atoms with Crippen LogP contribution in [-0.2, 0) is 0 Å². The van der Waals surface area contributed by atoms with Crippen molar-refractivity contribution < 1.29 is 0 Å². The highest BCUT2D eigenvalue weighted by Gasteiger charge is 2.19. The minimum Gasteiger partial charge on any atom is -0.311 e. The van der Waals surface area contributed by atoms with E-state index < -0.39 is 0 Å². The van der Waals surface area contributed by atoms with Gasteiger partial charge < -0.3 is 14.7 Å². The van der Waals surface area contributed by atoms with Gasteiger partial charge in [0.15, 0.2) is 0 Å². The highest BCUT2D eigenvalue weighted by atomic mass is 15.2. The van der Waals surface area contributed by atoms with E-state index in [0.29, 0.717) is 0 Å². The Morgan fingerprint density at radius 1 is 0.160 bits per heavy atom. The van der Waals surface area contributed by atoms with Crippen molar-refractivity contribution in [2.45, 2.75) is 0 Å². The summed E-state index contributed by atoms with van der Waals surface area (Å²) in [4.78, 5) is 7.06. The first-order valence-corrected chi connectivity index (χ1v) is 25.7. The predicted octanol–water partition coefficient (Wildman–Crippen LogP) is 20.6. The molecule has 3 nitrogen and oxygen atoms in total. The molecule has 0 bridgehead atoms. The second-order valence-electron chi connectivity index (χ2n) is 18.9. The summed E-state index contributed by atoms with van der Waals surface area (Å²) in [6.07, 6.45) is 0. The average molecular weight is 958 g/mol. The first kappa shape index (κ1) is 44.9. The molecule has 0 saturated carbocycles. The van der Waals surface area contributed by atoms with E-state index in [9.17, 15) is 0 Å². The first-order chi connectivity index (χ1) is 37.2. The molecule has 0 atom stereocenters. The fourth-order valence-corrected chi connectivity index (χ4v) is 10.7. The fraction of sp³-hybridized carbons (Fsp3) is 0. The van der Waals surface area contributed by atoms with E-state index in [1.807, 2.05) is 0 Å². The van der Waals surface area contributed by atoms with Crippen LogP contribution >= 0.6 is 0 Å². The Morgan fingerprint density at radius 3 is 0.813 bits per heavy atom. The Bertz CT molecular complexity index is 3850. The molecule has 0 N–H and O–H groups in total. The third-order valence-corrected chi connectivity index (χ3v) is 14.4. The van der Waals surface area contributed by atoms with Crippen LogP contribution in [0.15, 0.2) is 309 Å². The molecule has 354 valence electrons. The standard InChI is InChI=1S/C72H51N3/c1-3-22-60(23-4-1)74(71-30-14-20-57-17-8-11-27-69(57)71)65-46-36-54(37-47-65)52-32-42-62(43-33-52)73(64-50-40-59(41-51-64)68-29-13-19-56-16-7-10-26-67(56)68)63-44-34-53(35-45-63)55-38-48-66(49-39-55)75(61-24-5-2-6-25-61)72-31-15-21-58-18-9-12-28-70(58)72/h1-51H. The maximum atomic E-state index is 2.36. The van der Waals surface area contributed by atoms with Gasteiger partial charge in [-0.1, -0.05) is 212 Å². The van der Waals surface area contributed by atoms with Crippen molar-refractivity contribution in [2.24, 2.45) is 0 Å². The molecule has 0 aromatic heterocycles. The molecule has 0 fully saturated rings. The van der Waals surface area contributed by atoms with Gasteiger partial charge in [0.05, 0.1) is 11.4 Å². The van der Waals surface area contributed by atoms with Gasteiger partial charge in [-0.15, -0.1) is 0 Å². The van der Waals surface area contributed by atoms with Gasteiger partial charge in [0.2, 0.25) is 0 Å². The van der Waals surface area contributed by atoms with Crippen LogP contribution in [0.25, 0.3) is 65.7 Å². The van der Waals surface area contributed by atoms with Crippen molar-refractivity contribution in [3.8, 4) is 33.4 Å². The molecular formula is C72H51N3. The Balaban J connectivity index is 0.828. The highest BCUT2D eigenvalue weighted by molar-refractivity contribution is 6.01. The quantitative estimate of drug-likeness (QED) is 0.121. The fourth-order valence-electron chi connectivity index (χ4n) is 10.7. The molecule has 75 heavy (non-hydrogen) atoms. The van der Waals surface area contributed by atoms with Crippen LogP contribution in [0.2, 0.25) is 0 Å². The summed E-state index contributed by atoms with van der Waals surface area (Å²) in [5, 5.41) is 7.34. The van der Waals surface area contributed by atoms with E-state index in [2.05, 4.69) is 324 Å². The molecule has 0 saturated heterocycles. The molecule has 0 unspecified atom stereocenters. The Kier molecular flexibility index (Phi) is 11.9. The van der Waals surface area contributed by atoms with Crippen molar-refractivity contribution in [1.29, 1.82) is 0 Å². The summed E-state index contributed by atoms with van der Waals surface area (Å²) in [6.45, 7) is 0. The molecule has 13 aromatic rings. The number of fused-ring (bicyclic) bond motifs is 3. The van der Waals surface area contributed by atoms with E-state index in [1.165, 1.54) is 43.4 Å². The normalized spacial score (nSPS) is 11.2. The number of para-hydroxylation sites is 2. The molecule has 0 aliphatic rings. The smallest absolute Gasteiger partial charge is 0.0540 e. The van der Waals surface area contributed by atoms with E-state index in [0.717, 1.165) is 73.4 Å². The summed E-state index contributed by atoms with van der Waals surface area (Å²) in [5.41, 5.74) is 17.0. The maximum Gasteiger partial charge on any atom is 0.0540 e. The molecule has 0 heterocycles. The number of anilines is 9. The van der Waals surface area contributed by atoms with Gasteiger partial charge in [-0.2, -0.15) is 0 Å². The minimum atomic E-state index is 1.08. The lowest BCUT2D eigenvalue weighted by Crippen LogP contribution is -2.10. The Labute approximate surface area is 438 Å². The van der Waals surface area contributed by atoms with Crippen LogP contribution in [0.4, 0.5) is 51.2 Å². The van der Waals surface area contributed by atoms with Crippen molar-refractivity contribution in [1.82, 2.24) is 0 Å². The molecule has 0 aliphatic carbocycles. The topological polar surface area (TPSA) is 9.72 Å². The zero-order valence-corrected chi connectivity index (χ0v) is 41.3. The summed E-state index contributed by atoms with van der Waals surface area (Å²) in [7, 11) is 0. The van der Waals surface area contributed by atoms with Gasteiger partial charge in [-0.3, -0.25) is 0 Å². The lowest BCUT2D eigenvalue weighted by molar-refractivity contribution is 1.28. The largest absolute Gasteiger partial charge is 0.311 e. The van der Waals surface area contributed by atoms with Gasteiger partial charge in [0.1, 0.15) is 0 Å². The molecule has 13 aromatic carbocycles. The van der Waals surface area contributed by atoms with E-state index in [1.54, 1.807) is 0 Å². The molecule has 0 radical (unpaired) electrons. The maximum absolute atomic E-state index is 2.36.